The average Bonchev–Trinajstić information content (AvgIpc) is 3.05. The van der Waals surface area contributed by atoms with E-state index >= 15 is 0 Å². The van der Waals surface area contributed by atoms with Gasteiger partial charge in [0.2, 0.25) is 5.89 Å². The number of hydrogen-bond donors (Lipinski definition) is 0. The van der Waals surface area contributed by atoms with Crippen LogP contribution in [0.4, 0.5) is 0 Å². The number of benzene rings is 1. The second-order valence-corrected chi connectivity index (χ2v) is 5.70. The number of pyridine rings is 1. The Morgan fingerprint density at radius 2 is 2.09 bits per heavy atom. The summed E-state index contributed by atoms with van der Waals surface area (Å²) in [6.07, 6.45) is 3.26. The van der Waals surface area contributed by atoms with Crippen molar-refractivity contribution >= 4 is 0 Å². The third-order valence-corrected chi connectivity index (χ3v) is 4.21. The van der Waals surface area contributed by atoms with Gasteiger partial charge >= 0.3 is 0 Å². The van der Waals surface area contributed by atoms with Gasteiger partial charge in [-0.25, -0.2) is 0 Å². The Morgan fingerprint density at radius 3 is 3.00 bits per heavy atom. The van der Waals surface area contributed by atoms with E-state index in [2.05, 4.69) is 21.2 Å². The fourth-order valence-corrected chi connectivity index (χ4v) is 2.96. The molecule has 0 aliphatic carbocycles. The minimum Gasteiger partial charge on any atom is -0.493 e. The summed E-state index contributed by atoms with van der Waals surface area (Å²) in [6.45, 7) is 2.66. The molecule has 116 valence electrons. The first-order valence-corrected chi connectivity index (χ1v) is 7.76. The van der Waals surface area contributed by atoms with Crippen molar-refractivity contribution in [2.75, 3.05) is 6.61 Å². The molecule has 1 aliphatic rings. The molecule has 1 aromatic carbocycles. The largest absolute Gasteiger partial charge is 0.493 e. The van der Waals surface area contributed by atoms with Gasteiger partial charge in [0.1, 0.15) is 5.75 Å². The molecule has 4 rings (SSSR count). The summed E-state index contributed by atoms with van der Waals surface area (Å²) >= 11 is 0. The summed E-state index contributed by atoms with van der Waals surface area (Å²) in [5.74, 6) is 2.41. The summed E-state index contributed by atoms with van der Waals surface area (Å²) < 4.78 is 11.2. The lowest BCUT2D eigenvalue weighted by molar-refractivity contribution is 0.272. The van der Waals surface area contributed by atoms with Crippen molar-refractivity contribution in [3.63, 3.8) is 0 Å². The standard InChI is InChI=1S/C18H17N3O2/c1-12-13(5-4-9-19-12)11-17-20-18(21-23-17)15-8-10-22-16-7-3-2-6-14(15)16/h2-7,9,15H,8,10-11H2,1H3. The highest BCUT2D eigenvalue weighted by Crippen LogP contribution is 2.36. The van der Waals surface area contributed by atoms with Crippen LogP contribution in [0.25, 0.3) is 0 Å². The third-order valence-electron chi connectivity index (χ3n) is 4.21. The highest BCUT2D eigenvalue weighted by Gasteiger charge is 2.26. The van der Waals surface area contributed by atoms with Crippen molar-refractivity contribution < 1.29 is 9.26 Å². The lowest BCUT2D eigenvalue weighted by Crippen LogP contribution is -2.16. The maximum Gasteiger partial charge on any atom is 0.231 e. The Morgan fingerprint density at radius 1 is 1.17 bits per heavy atom. The number of hydrogen-bond acceptors (Lipinski definition) is 5. The van der Waals surface area contributed by atoms with Crippen molar-refractivity contribution in [2.24, 2.45) is 0 Å². The van der Waals surface area contributed by atoms with Gasteiger partial charge in [-0.1, -0.05) is 29.4 Å². The minimum absolute atomic E-state index is 0.132. The number of fused-ring (bicyclic) bond motifs is 1. The molecule has 0 amide bonds. The number of aromatic nitrogens is 3. The van der Waals surface area contributed by atoms with Crippen molar-refractivity contribution in [1.29, 1.82) is 0 Å². The SMILES string of the molecule is Cc1ncccc1Cc1nc(C2CCOc3ccccc32)no1. The van der Waals surface area contributed by atoms with Gasteiger partial charge in [0.25, 0.3) is 0 Å². The van der Waals surface area contributed by atoms with Crippen molar-refractivity contribution in [3.05, 3.63) is 71.1 Å². The molecule has 1 aliphatic heterocycles. The molecular formula is C18H17N3O2. The van der Waals surface area contributed by atoms with Crippen LogP contribution in [0, 0.1) is 6.92 Å². The van der Waals surface area contributed by atoms with Crippen LogP contribution < -0.4 is 4.74 Å². The van der Waals surface area contributed by atoms with E-state index in [1.54, 1.807) is 6.20 Å². The van der Waals surface area contributed by atoms with Crippen LogP contribution in [0.3, 0.4) is 0 Å². The van der Waals surface area contributed by atoms with Crippen LogP contribution in [0.1, 0.15) is 40.9 Å². The molecule has 2 aromatic heterocycles. The summed E-state index contributed by atoms with van der Waals surface area (Å²) in [7, 11) is 0. The predicted molar refractivity (Wildman–Crippen MR) is 84.5 cm³/mol. The van der Waals surface area contributed by atoms with E-state index in [0.29, 0.717) is 18.9 Å². The van der Waals surface area contributed by atoms with Crippen LogP contribution in [-0.2, 0) is 6.42 Å². The van der Waals surface area contributed by atoms with Gasteiger partial charge in [-0.3, -0.25) is 4.98 Å². The van der Waals surface area contributed by atoms with Gasteiger partial charge in [-0.05, 0) is 31.0 Å². The lowest BCUT2D eigenvalue weighted by Gasteiger charge is -2.23. The fraction of sp³-hybridized carbons (Fsp3) is 0.278. The van der Waals surface area contributed by atoms with Gasteiger partial charge in [0.05, 0.1) is 18.9 Å². The van der Waals surface area contributed by atoms with Gasteiger partial charge in [0.15, 0.2) is 5.82 Å². The average molecular weight is 307 g/mol. The molecule has 0 bridgehead atoms. The molecule has 0 radical (unpaired) electrons. The fourth-order valence-electron chi connectivity index (χ4n) is 2.96. The van der Waals surface area contributed by atoms with E-state index in [1.807, 2.05) is 37.3 Å². The normalized spacial score (nSPS) is 16.7. The third kappa shape index (κ3) is 2.70. The number of ether oxygens (including phenoxy) is 1. The molecule has 0 fully saturated rings. The first-order valence-electron chi connectivity index (χ1n) is 7.76. The second kappa shape index (κ2) is 5.83. The van der Waals surface area contributed by atoms with Crippen LogP contribution in [-0.4, -0.2) is 21.7 Å². The molecule has 5 heteroatoms. The Balaban J connectivity index is 1.61. The van der Waals surface area contributed by atoms with Gasteiger partial charge in [-0.15, -0.1) is 0 Å². The van der Waals surface area contributed by atoms with Gasteiger partial charge in [-0.2, -0.15) is 4.98 Å². The molecule has 1 unspecified atom stereocenters. The van der Waals surface area contributed by atoms with E-state index in [-0.39, 0.29) is 5.92 Å². The van der Waals surface area contributed by atoms with Crippen LogP contribution in [0.2, 0.25) is 0 Å². The predicted octanol–water partition coefficient (Wildman–Crippen LogP) is 3.28. The number of nitrogens with zero attached hydrogens (tertiary/aromatic N) is 3. The quantitative estimate of drug-likeness (QED) is 0.743. The van der Waals surface area contributed by atoms with E-state index in [4.69, 9.17) is 9.26 Å². The lowest BCUT2D eigenvalue weighted by atomic mass is 9.92. The van der Waals surface area contributed by atoms with Gasteiger partial charge < -0.3 is 9.26 Å². The number of rotatable bonds is 3. The van der Waals surface area contributed by atoms with E-state index < -0.39 is 0 Å². The highest BCUT2D eigenvalue weighted by atomic mass is 16.5. The molecule has 3 heterocycles. The van der Waals surface area contributed by atoms with Crippen molar-refractivity contribution in [3.8, 4) is 5.75 Å². The smallest absolute Gasteiger partial charge is 0.231 e. The Kier molecular flexibility index (Phi) is 3.54. The molecule has 0 spiro atoms. The highest BCUT2D eigenvalue weighted by molar-refractivity contribution is 5.40. The monoisotopic (exact) mass is 307 g/mol. The van der Waals surface area contributed by atoms with Gasteiger partial charge in [0, 0.05) is 17.5 Å². The summed E-state index contributed by atoms with van der Waals surface area (Å²) in [4.78, 5) is 8.90. The number of para-hydroxylation sites is 1. The molecule has 0 saturated heterocycles. The van der Waals surface area contributed by atoms with E-state index in [9.17, 15) is 0 Å². The first-order chi connectivity index (χ1) is 11.3. The molecule has 0 saturated carbocycles. The second-order valence-electron chi connectivity index (χ2n) is 5.70. The Labute approximate surface area is 134 Å². The zero-order valence-corrected chi connectivity index (χ0v) is 12.9. The van der Waals surface area contributed by atoms with Crippen LogP contribution in [0.15, 0.2) is 47.1 Å². The zero-order chi connectivity index (χ0) is 15.6. The minimum atomic E-state index is 0.132. The van der Waals surface area contributed by atoms with Crippen LogP contribution >= 0.6 is 0 Å². The molecule has 23 heavy (non-hydrogen) atoms. The summed E-state index contributed by atoms with van der Waals surface area (Å²) in [5.41, 5.74) is 3.22. The molecule has 3 aromatic rings. The van der Waals surface area contributed by atoms with E-state index in [0.717, 1.165) is 34.8 Å². The zero-order valence-electron chi connectivity index (χ0n) is 12.9. The molecule has 1 atom stereocenters. The molecule has 0 N–H and O–H groups in total. The van der Waals surface area contributed by atoms with Crippen molar-refractivity contribution in [2.45, 2.75) is 25.7 Å². The summed E-state index contributed by atoms with van der Waals surface area (Å²) in [6, 6.07) is 12.0. The number of aryl methyl sites for hydroxylation is 1. The maximum absolute atomic E-state index is 5.70. The summed E-state index contributed by atoms with van der Waals surface area (Å²) in [5, 5.41) is 4.20. The topological polar surface area (TPSA) is 61.0 Å². The maximum atomic E-state index is 5.70. The van der Waals surface area contributed by atoms with Crippen LogP contribution in [0.5, 0.6) is 5.75 Å². The first kappa shape index (κ1) is 13.9. The molecule has 5 nitrogen and oxygen atoms in total. The van der Waals surface area contributed by atoms with Crippen molar-refractivity contribution in [1.82, 2.24) is 15.1 Å². The molecular weight excluding hydrogens is 290 g/mol. The Hall–Kier alpha value is -2.69. The Bertz CT molecular complexity index is 828. The van der Waals surface area contributed by atoms with E-state index in [1.165, 1.54) is 0 Å².